The first-order chi connectivity index (χ1) is 8.70. The number of aliphatic hydroxyl groups is 1. The number of ether oxygens (including phenoxy) is 1. The molecule has 1 atom stereocenters. The van der Waals surface area contributed by atoms with Gasteiger partial charge in [0.25, 0.3) is 0 Å². The van der Waals surface area contributed by atoms with Gasteiger partial charge in [-0.15, -0.1) is 0 Å². The van der Waals surface area contributed by atoms with E-state index in [-0.39, 0.29) is 12.4 Å². The van der Waals surface area contributed by atoms with Crippen LogP contribution in [0.4, 0.5) is 0 Å². The Hall–Kier alpha value is -0.570. The zero-order valence-corrected chi connectivity index (χ0v) is 12.1. The normalized spacial score (nSPS) is 12.4. The number of carbonyl (C=O) groups excluding carboxylic acids is 1. The van der Waals surface area contributed by atoms with Gasteiger partial charge in [-0.3, -0.25) is 4.79 Å². The van der Waals surface area contributed by atoms with E-state index in [4.69, 9.17) is 4.74 Å². The van der Waals surface area contributed by atoms with Crippen molar-refractivity contribution >= 4 is 5.97 Å². The summed E-state index contributed by atoms with van der Waals surface area (Å²) in [6.07, 6.45) is 10.1. The summed E-state index contributed by atoms with van der Waals surface area (Å²) in [6.45, 7) is 4.59. The lowest BCUT2D eigenvalue weighted by atomic mass is 10.1. The highest BCUT2D eigenvalue weighted by Gasteiger charge is 2.09. The highest BCUT2D eigenvalue weighted by Crippen LogP contribution is 2.08. The molecule has 0 rings (SSSR count). The number of aliphatic hydroxyl groups excluding tert-OH is 1. The van der Waals surface area contributed by atoms with Crippen molar-refractivity contribution in [1.29, 1.82) is 0 Å². The lowest BCUT2D eigenvalue weighted by Gasteiger charge is -2.08. The van der Waals surface area contributed by atoms with Crippen LogP contribution in [0.2, 0.25) is 0 Å². The van der Waals surface area contributed by atoms with E-state index in [9.17, 15) is 9.90 Å². The van der Waals surface area contributed by atoms with Crippen molar-refractivity contribution in [1.82, 2.24) is 0 Å². The fourth-order valence-electron chi connectivity index (χ4n) is 1.82. The van der Waals surface area contributed by atoms with E-state index in [1.54, 1.807) is 0 Å². The van der Waals surface area contributed by atoms with E-state index < -0.39 is 6.10 Å². The van der Waals surface area contributed by atoms with Gasteiger partial charge in [-0.2, -0.15) is 0 Å². The smallest absolute Gasteiger partial charge is 0.308 e. The summed E-state index contributed by atoms with van der Waals surface area (Å²) in [5, 5.41) is 9.27. The van der Waals surface area contributed by atoms with Crippen LogP contribution in [0.3, 0.4) is 0 Å². The average molecular weight is 258 g/mol. The van der Waals surface area contributed by atoms with Gasteiger partial charge in [-0.25, -0.2) is 0 Å². The van der Waals surface area contributed by atoms with Crippen LogP contribution in [-0.4, -0.2) is 23.8 Å². The average Bonchev–Trinajstić information content (AvgIpc) is 2.36. The summed E-state index contributed by atoms with van der Waals surface area (Å²) >= 11 is 0. The zero-order valence-electron chi connectivity index (χ0n) is 12.1. The molecule has 0 amide bonds. The van der Waals surface area contributed by atoms with Gasteiger partial charge in [-0.1, -0.05) is 58.8 Å². The van der Waals surface area contributed by atoms with Crippen LogP contribution in [0.5, 0.6) is 0 Å². The molecule has 0 aromatic heterocycles. The number of hydrogen-bond donors (Lipinski definition) is 1. The number of carbonyl (C=O) groups is 1. The Bertz CT molecular complexity index is 192. The minimum absolute atomic E-state index is 0.132. The van der Waals surface area contributed by atoms with Crippen LogP contribution in [0.15, 0.2) is 0 Å². The Labute approximate surface area is 112 Å². The van der Waals surface area contributed by atoms with Crippen molar-refractivity contribution in [3.8, 4) is 0 Å². The number of unbranched alkanes of at least 4 members (excludes halogenated alkanes) is 7. The third-order valence-electron chi connectivity index (χ3n) is 3.13. The minimum atomic E-state index is -0.545. The summed E-state index contributed by atoms with van der Waals surface area (Å²) < 4.78 is 5.06. The Kier molecular flexibility index (Phi) is 12.5. The molecular formula is C15H30O3. The number of rotatable bonds is 12. The molecule has 0 radical (unpaired) electrons. The molecule has 18 heavy (non-hydrogen) atoms. The molecule has 0 fully saturated rings. The molecule has 3 heteroatoms. The van der Waals surface area contributed by atoms with E-state index in [1.807, 2.05) is 6.92 Å². The molecule has 0 heterocycles. The maximum Gasteiger partial charge on any atom is 0.308 e. The minimum Gasteiger partial charge on any atom is -0.466 e. The van der Waals surface area contributed by atoms with Gasteiger partial charge in [0.2, 0.25) is 0 Å². The summed E-state index contributed by atoms with van der Waals surface area (Å²) in [5.74, 6) is -0.271. The molecule has 0 aliphatic rings. The molecule has 0 aromatic carbocycles. The second-order valence-corrected chi connectivity index (χ2v) is 4.96. The molecule has 0 spiro atoms. The highest BCUT2D eigenvalue weighted by atomic mass is 16.5. The second-order valence-electron chi connectivity index (χ2n) is 4.96. The third kappa shape index (κ3) is 11.9. The van der Waals surface area contributed by atoms with Crippen LogP contribution in [0.1, 0.15) is 78.1 Å². The fraction of sp³-hybridized carbons (Fsp3) is 0.933. The van der Waals surface area contributed by atoms with Crippen LogP contribution >= 0.6 is 0 Å². The molecule has 1 unspecified atom stereocenters. The third-order valence-corrected chi connectivity index (χ3v) is 3.13. The molecule has 0 saturated carbocycles. The summed E-state index contributed by atoms with van der Waals surface area (Å²) in [4.78, 5) is 11.2. The van der Waals surface area contributed by atoms with Gasteiger partial charge in [0.15, 0.2) is 0 Å². The Morgan fingerprint density at radius 1 is 1.00 bits per heavy atom. The number of esters is 1. The van der Waals surface area contributed by atoms with Gasteiger partial charge in [0.1, 0.15) is 0 Å². The topological polar surface area (TPSA) is 46.5 Å². The lowest BCUT2D eigenvalue weighted by molar-refractivity contribution is -0.146. The maximum atomic E-state index is 11.2. The van der Waals surface area contributed by atoms with E-state index in [2.05, 4.69) is 6.92 Å². The summed E-state index contributed by atoms with van der Waals surface area (Å²) in [5.41, 5.74) is 0. The monoisotopic (exact) mass is 258 g/mol. The van der Waals surface area contributed by atoms with Gasteiger partial charge in [-0.05, 0) is 12.8 Å². The van der Waals surface area contributed by atoms with Crippen molar-refractivity contribution in [3.63, 3.8) is 0 Å². The van der Waals surface area contributed by atoms with Gasteiger partial charge in [0, 0.05) is 0 Å². The first kappa shape index (κ1) is 17.4. The van der Waals surface area contributed by atoms with Crippen LogP contribution < -0.4 is 0 Å². The quantitative estimate of drug-likeness (QED) is 0.427. The first-order valence-electron chi connectivity index (χ1n) is 7.54. The van der Waals surface area contributed by atoms with Gasteiger partial charge >= 0.3 is 5.97 Å². The maximum absolute atomic E-state index is 11.2. The van der Waals surface area contributed by atoms with Crippen molar-refractivity contribution < 1.29 is 14.6 Å². The SMILES string of the molecule is CCCCCCCCCCOC(=O)CC(O)CC. The molecule has 0 bridgehead atoms. The molecule has 0 saturated heterocycles. The van der Waals surface area contributed by atoms with Crippen LogP contribution in [0.25, 0.3) is 0 Å². The molecule has 1 N–H and O–H groups in total. The van der Waals surface area contributed by atoms with E-state index in [0.29, 0.717) is 13.0 Å². The highest BCUT2D eigenvalue weighted by molar-refractivity contribution is 5.69. The van der Waals surface area contributed by atoms with Crippen molar-refractivity contribution in [2.75, 3.05) is 6.61 Å². The summed E-state index contributed by atoms with van der Waals surface area (Å²) in [7, 11) is 0. The fourth-order valence-corrected chi connectivity index (χ4v) is 1.82. The largest absolute Gasteiger partial charge is 0.466 e. The van der Waals surface area contributed by atoms with Crippen LogP contribution in [-0.2, 0) is 9.53 Å². The molecule has 0 aliphatic heterocycles. The van der Waals surface area contributed by atoms with E-state index in [0.717, 1.165) is 12.8 Å². The van der Waals surface area contributed by atoms with Crippen molar-refractivity contribution in [2.45, 2.75) is 84.2 Å². The molecular weight excluding hydrogens is 228 g/mol. The zero-order chi connectivity index (χ0) is 13.6. The molecule has 108 valence electrons. The predicted molar refractivity (Wildman–Crippen MR) is 74.5 cm³/mol. The Morgan fingerprint density at radius 2 is 1.56 bits per heavy atom. The second kappa shape index (κ2) is 12.9. The molecule has 3 nitrogen and oxygen atoms in total. The van der Waals surface area contributed by atoms with E-state index in [1.165, 1.54) is 38.5 Å². The Balaban J connectivity index is 3.17. The van der Waals surface area contributed by atoms with Gasteiger partial charge < -0.3 is 9.84 Å². The standard InChI is InChI=1S/C15H30O3/c1-3-5-6-7-8-9-10-11-12-18-15(17)13-14(16)4-2/h14,16H,3-13H2,1-2H3. The van der Waals surface area contributed by atoms with Crippen LogP contribution in [0, 0.1) is 0 Å². The predicted octanol–water partition coefficient (Wildman–Crippen LogP) is 3.83. The lowest BCUT2D eigenvalue weighted by Crippen LogP contribution is -2.15. The summed E-state index contributed by atoms with van der Waals surface area (Å²) in [6, 6.07) is 0. The van der Waals surface area contributed by atoms with E-state index >= 15 is 0 Å². The van der Waals surface area contributed by atoms with Crippen molar-refractivity contribution in [2.24, 2.45) is 0 Å². The Morgan fingerprint density at radius 3 is 2.11 bits per heavy atom. The molecule has 0 aliphatic carbocycles. The molecule has 0 aromatic rings. The van der Waals surface area contributed by atoms with Crippen molar-refractivity contribution in [3.05, 3.63) is 0 Å². The van der Waals surface area contributed by atoms with Gasteiger partial charge in [0.05, 0.1) is 19.1 Å². The first-order valence-corrected chi connectivity index (χ1v) is 7.54. The number of hydrogen-bond acceptors (Lipinski definition) is 3.